The number of nitrogens with zero attached hydrogens (tertiary/aromatic N) is 2. The van der Waals surface area contributed by atoms with E-state index in [9.17, 15) is 0 Å². The van der Waals surface area contributed by atoms with Gasteiger partial charge in [-0.05, 0) is 40.2 Å². The van der Waals surface area contributed by atoms with Crippen LogP contribution in [0.15, 0.2) is 28.9 Å². The summed E-state index contributed by atoms with van der Waals surface area (Å²) in [6.07, 6.45) is 0. The van der Waals surface area contributed by atoms with Gasteiger partial charge in [-0.1, -0.05) is 11.6 Å². The molecule has 0 spiro atoms. The minimum absolute atomic E-state index is 0.735. The molecule has 0 amide bonds. The molecule has 0 aromatic carbocycles. The van der Waals surface area contributed by atoms with E-state index in [4.69, 9.17) is 11.6 Å². The second kappa shape index (κ2) is 3.74. The molecule has 2 heterocycles. The van der Waals surface area contributed by atoms with Gasteiger partial charge in [0.2, 0.25) is 0 Å². The maximum absolute atomic E-state index is 5.80. The summed E-state index contributed by atoms with van der Waals surface area (Å²) in [5.74, 6) is 0. The van der Waals surface area contributed by atoms with Crippen LogP contribution >= 0.6 is 38.9 Å². The third-order valence-corrected chi connectivity index (χ3v) is 3.13. The van der Waals surface area contributed by atoms with Crippen molar-refractivity contribution in [2.45, 2.75) is 0 Å². The minimum atomic E-state index is 0.735. The van der Waals surface area contributed by atoms with Gasteiger partial charge in [-0.3, -0.25) is 0 Å². The molecule has 0 aliphatic heterocycles. The van der Waals surface area contributed by atoms with Crippen molar-refractivity contribution in [3.8, 4) is 10.6 Å². The molecule has 0 fully saturated rings. The molecule has 0 saturated carbocycles. The molecule has 2 aromatic heterocycles. The topological polar surface area (TPSA) is 25.8 Å². The Morgan fingerprint density at radius 1 is 1.15 bits per heavy atom. The summed E-state index contributed by atoms with van der Waals surface area (Å²) in [5, 5.41) is 7.91. The van der Waals surface area contributed by atoms with Crippen LogP contribution in [0, 0.1) is 0 Å². The quantitative estimate of drug-likeness (QED) is 0.794. The first-order chi connectivity index (χ1) is 6.25. The normalized spacial score (nSPS) is 10.3. The Hall–Kier alpha value is -0.450. The first-order valence-electron chi connectivity index (χ1n) is 3.50. The SMILES string of the molecule is Clc1ccc(-c2ccc(Br)nn2)s1. The second-order valence-electron chi connectivity index (χ2n) is 2.35. The smallest absolute Gasteiger partial charge is 0.128 e. The summed E-state index contributed by atoms with van der Waals surface area (Å²) in [5.41, 5.74) is 0.847. The van der Waals surface area contributed by atoms with E-state index in [-0.39, 0.29) is 0 Å². The van der Waals surface area contributed by atoms with Crippen LogP contribution in [-0.2, 0) is 0 Å². The van der Waals surface area contributed by atoms with Gasteiger partial charge in [-0.15, -0.1) is 21.5 Å². The molecular formula is C8H4BrClN2S. The molecule has 0 unspecified atom stereocenters. The molecule has 66 valence electrons. The molecule has 5 heteroatoms. The largest absolute Gasteiger partial charge is 0.149 e. The first kappa shape index (κ1) is 9.12. The van der Waals surface area contributed by atoms with Gasteiger partial charge in [0.25, 0.3) is 0 Å². The first-order valence-corrected chi connectivity index (χ1v) is 5.49. The summed E-state index contributed by atoms with van der Waals surface area (Å²) in [4.78, 5) is 1.03. The van der Waals surface area contributed by atoms with E-state index in [1.807, 2.05) is 24.3 Å². The molecule has 0 N–H and O–H groups in total. The Morgan fingerprint density at radius 3 is 2.54 bits per heavy atom. The molecule has 0 aliphatic rings. The average Bonchev–Trinajstić information content (AvgIpc) is 2.53. The molecule has 2 rings (SSSR count). The molecule has 0 radical (unpaired) electrons. The summed E-state index contributed by atoms with van der Waals surface area (Å²) in [6, 6.07) is 7.55. The van der Waals surface area contributed by atoms with Crippen molar-refractivity contribution >= 4 is 38.9 Å². The summed E-state index contributed by atoms with van der Waals surface area (Å²) in [7, 11) is 0. The van der Waals surface area contributed by atoms with Crippen LogP contribution in [0.5, 0.6) is 0 Å². The Balaban J connectivity index is 2.41. The van der Waals surface area contributed by atoms with Crippen molar-refractivity contribution in [2.24, 2.45) is 0 Å². The number of thiophene rings is 1. The maximum Gasteiger partial charge on any atom is 0.128 e. The lowest BCUT2D eigenvalue weighted by Crippen LogP contribution is -1.84. The molecular weight excluding hydrogens is 272 g/mol. The van der Waals surface area contributed by atoms with E-state index >= 15 is 0 Å². The fourth-order valence-electron chi connectivity index (χ4n) is 0.899. The van der Waals surface area contributed by atoms with Crippen LogP contribution in [0.2, 0.25) is 4.34 Å². The van der Waals surface area contributed by atoms with Crippen LogP contribution < -0.4 is 0 Å². The third kappa shape index (κ3) is 2.07. The van der Waals surface area contributed by atoms with Crippen LogP contribution in [0.25, 0.3) is 10.6 Å². The highest BCUT2D eigenvalue weighted by Crippen LogP contribution is 2.29. The Labute approximate surface area is 92.7 Å². The Bertz CT molecular complexity index is 412. The highest BCUT2D eigenvalue weighted by atomic mass is 79.9. The summed E-state index contributed by atoms with van der Waals surface area (Å²) in [6.45, 7) is 0. The molecule has 0 atom stereocenters. The van der Waals surface area contributed by atoms with E-state index in [0.29, 0.717) is 0 Å². The van der Waals surface area contributed by atoms with Crippen molar-refractivity contribution in [3.63, 3.8) is 0 Å². The van der Waals surface area contributed by atoms with Crippen molar-refractivity contribution in [2.75, 3.05) is 0 Å². The van der Waals surface area contributed by atoms with E-state index in [2.05, 4.69) is 26.1 Å². The van der Waals surface area contributed by atoms with Crippen molar-refractivity contribution in [1.29, 1.82) is 0 Å². The maximum atomic E-state index is 5.80. The lowest BCUT2D eigenvalue weighted by atomic mass is 10.3. The van der Waals surface area contributed by atoms with E-state index in [1.165, 1.54) is 11.3 Å². The Morgan fingerprint density at radius 2 is 2.00 bits per heavy atom. The highest BCUT2D eigenvalue weighted by Gasteiger charge is 2.02. The van der Waals surface area contributed by atoms with Gasteiger partial charge in [0, 0.05) is 0 Å². The van der Waals surface area contributed by atoms with Gasteiger partial charge in [0.1, 0.15) is 10.3 Å². The van der Waals surface area contributed by atoms with Gasteiger partial charge >= 0.3 is 0 Å². The van der Waals surface area contributed by atoms with Crippen LogP contribution in [-0.4, -0.2) is 10.2 Å². The summed E-state index contributed by atoms with van der Waals surface area (Å²) < 4.78 is 1.50. The molecule has 0 bridgehead atoms. The molecule has 2 aromatic rings. The molecule has 13 heavy (non-hydrogen) atoms. The predicted octanol–water partition coefficient (Wildman–Crippen LogP) is 3.62. The van der Waals surface area contributed by atoms with Gasteiger partial charge in [-0.2, -0.15) is 0 Å². The van der Waals surface area contributed by atoms with Crippen LogP contribution in [0.3, 0.4) is 0 Å². The molecule has 0 saturated heterocycles. The zero-order valence-corrected chi connectivity index (χ0v) is 9.53. The number of hydrogen-bond acceptors (Lipinski definition) is 3. The fraction of sp³-hybridized carbons (Fsp3) is 0. The Kier molecular flexibility index (Phi) is 2.62. The monoisotopic (exact) mass is 274 g/mol. The van der Waals surface area contributed by atoms with Gasteiger partial charge in [0.05, 0.1) is 9.21 Å². The number of halogens is 2. The zero-order valence-electron chi connectivity index (χ0n) is 6.37. The lowest BCUT2D eigenvalue weighted by Gasteiger charge is -1.93. The predicted molar refractivity (Wildman–Crippen MR) is 58.1 cm³/mol. The van der Waals surface area contributed by atoms with E-state index in [1.54, 1.807) is 0 Å². The summed E-state index contributed by atoms with van der Waals surface area (Å²) >= 11 is 10.5. The number of rotatable bonds is 1. The lowest BCUT2D eigenvalue weighted by molar-refractivity contribution is 1.01. The zero-order chi connectivity index (χ0) is 9.26. The number of aromatic nitrogens is 2. The molecule has 0 aliphatic carbocycles. The van der Waals surface area contributed by atoms with Crippen LogP contribution in [0.4, 0.5) is 0 Å². The number of hydrogen-bond donors (Lipinski definition) is 0. The highest BCUT2D eigenvalue weighted by molar-refractivity contribution is 9.10. The second-order valence-corrected chi connectivity index (χ2v) is 4.87. The third-order valence-electron chi connectivity index (χ3n) is 1.46. The van der Waals surface area contributed by atoms with Crippen molar-refractivity contribution in [1.82, 2.24) is 10.2 Å². The minimum Gasteiger partial charge on any atom is -0.149 e. The fourth-order valence-corrected chi connectivity index (χ4v) is 2.12. The van der Waals surface area contributed by atoms with E-state index in [0.717, 1.165) is 19.5 Å². The van der Waals surface area contributed by atoms with Gasteiger partial charge < -0.3 is 0 Å². The van der Waals surface area contributed by atoms with Gasteiger partial charge in [0.15, 0.2) is 0 Å². The van der Waals surface area contributed by atoms with Crippen LogP contribution in [0.1, 0.15) is 0 Å². The van der Waals surface area contributed by atoms with Gasteiger partial charge in [-0.25, -0.2) is 0 Å². The van der Waals surface area contributed by atoms with E-state index < -0.39 is 0 Å². The van der Waals surface area contributed by atoms with Crippen molar-refractivity contribution in [3.05, 3.63) is 33.2 Å². The average molecular weight is 276 g/mol. The standard InChI is InChI=1S/C8H4BrClN2S/c9-7-3-1-5(11-12-7)6-2-4-8(10)13-6/h1-4H. The van der Waals surface area contributed by atoms with Crippen molar-refractivity contribution < 1.29 is 0 Å². The molecule has 2 nitrogen and oxygen atoms in total.